The maximum absolute atomic E-state index is 12.1. The molecule has 0 bridgehead atoms. The fourth-order valence-electron chi connectivity index (χ4n) is 1.49. The molecule has 2 amide bonds. The molecule has 5 N–H and O–H groups in total. The maximum atomic E-state index is 12.1. The second-order valence-corrected chi connectivity index (χ2v) is 5.50. The summed E-state index contributed by atoms with van der Waals surface area (Å²) in [5.74, 6) is -0.806. The first kappa shape index (κ1) is 15.2. The average Bonchev–Trinajstić information content (AvgIpc) is 2.36. The number of primary amides is 1. The summed E-state index contributed by atoms with van der Waals surface area (Å²) < 4.78 is 0. The van der Waals surface area contributed by atoms with Crippen molar-refractivity contribution in [2.45, 2.75) is 26.3 Å². The summed E-state index contributed by atoms with van der Waals surface area (Å²) in [5.41, 5.74) is 10.1. The highest BCUT2D eigenvalue weighted by Crippen LogP contribution is 2.18. The zero-order valence-electron chi connectivity index (χ0n) is 11.6. The Morgan fingerprint density at radius 1 is 1.16 bits per heavy atom. The minimum absolute atomic E-state index is 0.154. The van der Waals surface area contributed by atoms with Gasteiger partial charge >= 0.3 is 0 Å². The monoisotopic (exact) mass is 263 g/mol. The van der Waals surface area contributed by atoms with Crippen LogP contribution >= 0.6 is 0 Å². The Hall–Kier alpha value is -1.88. The molecule has 0 aliphatic heterocycles. The third-order valence-corrected chi connectivity index (χ3v) is 3.20. The molecule has 0 heterocycles. The molecular weight excluding hydrogens is 242 g/mol. The lowest BCUT2D eigenvalue weighted by atomic mass is 9.90. The van der Waals surface area contributed by atoms with Crippen molar-refractivity contribution in [3.63, 3.8) is 0 Å². The Bertz CT molecular complexity index is 467. The zero-order chi connectivity index (χ0) is 14.7. The number of nitrogens with two attached hydrogens (primary N) is 2. The van der Waals surface area contributed by atoms with Gasteiger partial charge in [-0.05, 0) is 26.3 Å². The third kappa shape index (κ3) is 3.54. The van der Waals surface area contributed by atoms with Crippen LogP contribution in [-0.4, -0.2) is 18.4 Å². The van der Waals surface area contributed by atoms with Gasteiger partial charge in [-0.15, -0.1) is 0 Å². The van der Waals surface area contributed by atoms with Crippen molar-refractivity contribution in [2.75, 3.05) is 6.54 Å². The topological polar surface area (TPSA) is 98.2 Å². The van der Waals surface area contributed by atoms with Crippen molar-refractivity contribution < 1.29 is 9.59 Å². The lowest BCUT2D eigenvalue weighted by molar-refractivity contribution is -0.129. The second-order valence-electron chi connectivity index (χ2n) is 5.50. The Morgan fingerprint density at radius 3 is 2.16 bits per heavy atom. The minimum atomic E-state index is -1.14. The highest BCUT2D eigenvalue weighted by Gasteiger charge is 2.33. The minimum Gasteiger partial charge on any atom is -0.369 e. The highest BCUT2D eigenvalue weighted by atomic mass is 16.2. The number of benzene rings is 1. The normalized spacial score (nSPS) is 14.5. The van der Waals surface area contributed by atoms with Gasteiger partial charge in [-0.25, -0.2) is 0 Å². The van der Waals surface area contributed by atoms with Crippen LogP contribution in [0, 0.1) is 5.41 Å². The van der Waals surface area contributed by atoms with Gasteiger partial charge in [0.1, 0.15) is 5.54 Å². The van der Waals surface area contributed by atoms with E-state index >= 15 is 0 Å². The molecule has 1 unspecified atom stereocenters. The van der Waals surface area contributed by atoms with Crippen molar-refractivity contribution in [3.8, 4) is 0 Å². The lowest BCUT2D eigenvalue weighted by Gasteiger charge is -2.27. The van der Waals surface area contributed by atoms with E-state index < -0.39 is 16.9 Å². The van der Waals surface area contributed by atoms with Crippen molar-refractivity contribution in [1.29, 1.82) is 0 Å². The van der Waals surface area contributed by atoms with Crippen LogP contribution in [0.25, 0.3) is 0 Å². The number of hydrogen-bond donors (Lipinski definition) is 3. The van der Waals surface area contributed by atoms with Gasteiger partial charge in [-0.1, -0.05) is 30.3 Å². The van der Waals surface area contributed by atoms with Crippen LogP contribution in [0.2, 0.25) is 0 Å². The van der Waals surface area contributed by atoms with Crippen LogP contribution in [0.4, 0.5) is 0 Å². The van der Waals surface area contributed by atoms with Gasteiger partial charge in [0.15, 0.2) is 0 Å². The summed E-state index contributed by atoms with van der Waals surface area (Å²) in [6, 6.07) is 9.08. The molecule has 19 heavy (non-hydrogen) atoms. The smallest absolute Gasteiger partial charge is 0.244 e. The Balaban J connectivity index is 2.76. The second kappa shape index (κ2) is 5.40. The molecule has 104 valence electrons. The summed E-state index contributed by atoms with van der Waals surface area (Å²) in [6.45, 7) is 5.13. The number of amides is 2. The van der Waals surface area contributed by atoms with E-state index in [0.717, 1.165) is 0 Å². The molecule has 0 saturated carbocycles. The standard InChI is InChI=1S/C14H21N3O2/c1-13(2,11(15)18)9-17-12(19)14(3,16)10-7-5-4-6-8-10/h4-8H,9,16H2,1-3H3,(H2,15,18)(H,17,19). The fourth-order valence-corrected chi connectivity index (χ4v) is 1.49. The molecule has 0 aliphatic carbocycles. The summed E-state index contributed by atoms with van der Waals surface area (Å²) in [5, 5.41) is 2.68. The Morgan fingerprint density at radius 2 is 1.68 bits per heavy atom. The van der Waals surface area contributed by atoms with E-state index in [1.807, 2.05) is 18.2 Å². The molecule has 0 fully saturated rings. The van der Waals surface area contributed by atoms with Crippen molar-refractivity contribution in [3.05, 3.63) is 35.9 Å². The lowest BCUT2D eigenvalue weighted by Crippen LogP contribution is -2.52. The molecule has 5 heteroatoms. The summed E-state index contributed by atoms with van der Waals surface area (Å²) >= 11 is 0. The highest BCUT2D eigenvalue weighted by molar-refractivity contribution is 5.88. The number of carbonyl (C=O) groups excluding carboxylic acids is 2. The predicted molar refractivity (Wildman–Crippen MR) is 74.0 cm³/mol. The quantitative estimate of drug-likeness (QED) is 0.721. The summed E-state index contributed by atoms with van der Waals surface area (Å²) in [4.78, 5) is 23.3. The van der Waals surface area contributed by atoms with Gasteiger partial charge in [0.05, 0.1) is 5.41 Å². The third-order valence-electron chi connectivity index (χ3n) is 3.20. The van der Waals surface area contributed by atoms with Crippen molar-refractivity contribution in [1.82, 2.24) is 5.32 Å². The molecule has 1 aromatic rings. The van der Waals surface area contributed by atoms with E-state index in [9.17, 15) is 9.59 Å². The molecule has 1 atom stereocenters. The summed E-state index contributed by atoms with van der Waals surface area (Å²) in [6.07, 6.45) is 0. The van der Waals surface area contributed by atoms with Crippen molar-refractivity contribution >= 4 is 11.8 Å². The van der Waals surface area contributed by atoms with Crippen LogP contribution in [0.5, 0.6) is 0 Å². The first-order valence-electron chi connectivity index (χ1n) is 6.10. The van der Waals surface area contributed by atoms with Crippen LogP contribution in [0.3, 0.4) is 0 Å². The van der Waals surface area contributed by atoms with E-state index in [2.05, 4.69) is 5.32 Å². The number of nitrogens with one attached hydrogen (secondary N) is 1. The van der Waals surface area contributed by atoms with Crippen LogP contribution in [-0.2, 0) is 15.1 Å². The van der Waals surface area contributed by atoms with Gasteiger partial charge in [0, 0.05) is 6.54 Å². The van der Waals surface area contributed by atoms with Gasteiger partial charge in [-0.3, -0.25) is 9.59 Å². The average molecular weight is 263 g/mol. The van der Waals surface area contributed by atoms with Crippen molar-refractivity contribution in [2.24, 2.45) is 16.9 Å². The van der Waals surface area contributed by atoms with Gasteiger partial charge in [0.25, 0.3) is 0 Å². The van der Waals surface area contributed by atoms with E-state index in [0.29, 0.717) is 5.56 Å². The number of hydrogen-bond acceptors (Lipinski definition) is 3. The Kier molecular flexibility index (Phi) is 4.32. The Labute approximate surface area is 113 Å². The SMILES string of the molecule is CC(C)(CNC(=O)C(C)(N)c1ccccc1)C(N)=O. The molecule has 1 rings (SSSR count). The maximum Gasteiger partial charge on any atom is 0.244 e. The van der Waals surface area contributed by atoms with Gasteiger partial charge in [0.2, 0.25) is 11.8 Å². The largest absolute Gasteiger partial charge is 0.369 e. The number of carbonyl (C=O) groups is 2. The molecule has 0 radical (unpaired) electrons. The molecule has 1 aromatic carbocycles. The van der Waals surface area contributed by atoms with E-state index in [1.54, 1.807) is 32.9 Å². The first-order chi connectivity index (χ1) is 8.68. The number of rotatable bonds is 5. The zero-order valence-corrected chi connectivity index (χ0v) is 11.6. The van der Waals surface area contributed by atoms with Crippen LogP contribution < -0.4 is 16.8 Å². The molecule has 0 spiro atoms. The van der Waals surface area contributed by atoms with Crippen LogP contribution in [0.15, 0.2) is 30.3 Å². The van der Waals surface area contributed by atoms with E-state index in [1.165, 1.54) is 0 Å². The molecule has 0 aliphatic rings. The molecular formula is C14H21N3O2. The molecule has 0 saturated heterocycles. The summed E-state index contributed by atoms with van der Waals surface area (Å²) in [7, 11) is 0. The van der Waals surface area contributed by atoms with Gasteiger partial charge < -0.3 is 16.8 Å². The molecule has 5 nitrogen and oxygen atoms in total. The van der Waals surface area contributed by atoms with Gasteiger partial charge in [-0.2, -0.15) is 0 Å². The van der Waals surface area contributed by atoms with E-state index in [-0.39, 0.29) is 12.5 Å². The predicted octanol–water partition coefficient (Wildman–Crippen LogP) is 0.488. The van der Waals surface area contributed by atoms with E-state index in [4.69, 9.17) is 11.5 Å². The first-order valence-corrected chi connectivity index (χ1v) is 6.10. The molecule has 0 aromatic heterocycles. The van der Waals surface area contributed by atoms with Crippen LogP contribution in [0.1, 0.15) is 26.3 Å². The fraction of sp³-hybridized carbons (Fsp3) is 0.429.